The maximum absolute atomic E-state index is 10.6. The maximum Gasteiger partial charge on any atom is 0.367 e. The molecule has 0 bridgehead atoms. The molecule has 50 valence electrons. The van der Waals surface area contributed by atoms with Crippen molar-refractivity contribution in [3.63, 3.8) is 0 Å². The Morgan fingerprint density at radius 3 is 2.67 bits per heavy atom. The molecular formula is C6H10NO2+. The van der Waals surface area contributed by atoms with Gasteiger partial charge in [-0.3, -0.25) is 4.48 Å². The molecule has 0 fully saturated rings. The van der Waals surface area contributed by atoms with Crippen molar-refractivity contribution >= 4 is 5.97 Å². The zero-order valence-electron chi connectivity index (χ0n) is 5.63. The summed E-state index contributed by atoms with van der Waals surface area (Å²) in [5.41, 5.74) is 0. The van der Waals surface area contributed by atoms with E-state index in [4.69, 9.17) is 0 Å². The van der Waals surface area contributed by atoms with Crippen molar-refractivity contribution in [2.75, 3.05) is 20.6 Å². The average Bonchev–Trinajstić information content (AvgIpc) is 1.60. The lowest BCUT2D eigenvalue weighted by molar-refractivity contribution is -0.833. The number of rotatable bonds is 0. The van der Waals surface area contributed by atoms with Crippen molar-refractivity contribution in [1.82, 2.24) is 0 Å². The highest BCUT2D eigenvalue weighted by atomic mass is 16.5. The fraction of sp³-hybridized carbons (Fsp3) is 0.500. The number of hydrogen-bond donors (Lipinski definition) is 0. The number of esters is 1. The first-order valence-corrected chi connectivity index (χ1v) is 2.80. The second kappa shape index (κ2) is 1.84. The zero-order valence-corrected chi connectivity index (χ0v) is 5.63. The van der Waals surface area contributed by atoms with E-state index in [1.165, 1.54) is 6.26 Å². The third-order valence-corrected chi connectivity index (χ3v) is 1.20. The van der Waals surface area contributed by atoms with Crippen LogP contribution in [0.5, 0.6) is 0 Å². The lowest BCUT2D eigenvalue weighted by atomic mass is 10.4. The number of hydrogen-bond acceptors (Lipinski definition) is 2. The van der Waals surface area contributed by atoms with Crippen LogP contribution in [0.2, 0.25) is 0 Å². The first-order chi connectivity index (χ1) is 4.10. The van der Waals surface area contributed by atoms with Gasteiger partial charge in [-0.1, -0.05) is 0 Å². The van der Waals surface area contributed by atoms with E-state index in [1.807, 2.05) is 20.3 Å². The Hall–Kier alpha value is -0.830. The van der Waals surface area contributed by atoms with Crippen molar-refractivity contribution in [3.8, 4) is 0 Å². The molecule has 0 aromatic rings. The van der Waals surface area contributed by atoms with Crippen molar-refractivity contribution in [3.05, 3.63) is 12.5 Å². The van der Waals surface area contributed by atoms with E-state index in [0.29, 0.717) is 11.0 Å². The molecular weight excluding hydrogens is 118 g/mol. The van der Waals surface area contributed by atoms with Crippen LogP contribution < -0.4 is 0 Å². The Morgan fingerprint density at radius 2 is 2.33 bits per heavy atom. The third-order valence-electron chi connectivity index (χ3n) is 1.20. The molecule has 0 radical (unpaired) electrons. The fourth-order valence-electron chi connectivity index (χ4n) is 0.694. The first kappa shape index (κ1) is 6.29. The summed E-state index contributed by atoms with van der Waals surface area (Å²) in [6, 6.07) is 0. The molecule has 0 atom stereocenters. The van der Waals surface area contributed by atoms with Crippen LogP contribution in [0.4, 0.5) is 0 Å². The van der Waals surface area contributed by atoms with Crippen molar-refractivity contribution in [2.24, 2.45) is 0 Å². The number of carbonyl (C=O) groups excluding carboxylic acids is 1. The van der Waals surface area contributed by atoms with E-state index in [9.17, 15) is 4.79 Å². The summed E-state index contributed by atoms with van der Waals surface area (Å²) in [7, 11) is 3.88. The quantitative estimate of drug-likeness (QED) is 0.341. The van der Waals surface area contributed by atoms with Gasteiger partial charge in [-0.15, -0.1) is 0 Å². The minimum absolute atomic E-state index is 0.164. The van der Waals surface area contributed by atoms with Gasteiger partial charge in [0.2, 0.25) is 0 Å². The molecule has 0 aliphatic carbocycles. The van der Waals surface area contributed by atoms with Gasteiger partial charge in [-0.2, -0.15) is 0 Å². The van der Waals surface area contributed by atoms with Crippen LogP contribution in [0.3, 0.4) is 0 Å². The number of ether oxygens (including phenoxy) is 1. The molecule has 0 spiro atoms. The Kier molecular flexibility index (Phi) is 1.29. The molecule has 0 N–H and O–H groups in total. The van der Waals surface area contributed by atoms with Gasteiger partial charge in [0, 0.05) is 0 Å². The summed E-state index contributed by atoms with van der Waals surface area (Å²) in [6.07, 6.45) is 3.27. The first-order valence-electron chi connectivity index (χ1n) is 2.80. The Balaban J connectivity index is 2.71. The highest BCUT2D eigenvalue weighted by molar-refractivity contribution is 5.71. The van der Waals surface area contributed by atoms with Crippen LogP contribution in [0.1, 0.15) is 0 Å². The molecule has 9 heavy (non-hydrogen) atoms. The molecule has 1 aliphatic heterocycles. The number of carbonyl (C=O) groups is 1. The number of cyclic esters (lactones) is 1. The summed E-state index contributed by atoms with van der Waals surface area (Å²) in [6.45, 7) is 0.427. The summed E-state index contributed by atoms with van der Waals surface area (Å²) in [4.78, 5) is 10.6. The summed E-state index contributed by atoms with van der Waals surface area (Å²) >= 11 is 0. The van der Waals surface area contributed by atoms with Gasteiger partial charge in [0.25, 0.3) is 0 Å². The molecule has 0 aromatic heterocycles. The van der Waals surface area contributed by atoms with Gasteiger partial charge < -0.3 is 4.74 Å². The smallest absolute Gasteiger partial charge is 0.367 e. The van der Waals surface area contributed by atoms with Crippen LogP contribution in [0, 0.1) is 0 Å². The summed E-state index contributed by atoms with van der Waals surface area (Å²) in [5, 5.41) is 0. The molecule has 0 unspecified atom stereocenters. The molecule has 0 aromatic carbocycles. The van der Waals surface area contributed by atoms with Gasteiger partial charge in [-0.05, 0) is 0 Å². The largest absolute Gasteiger partial charge is 0.425 e. The number of likely N-dealkylation sites (N-methyl/N-ethyl adjacent to an activating group) is 1. The highest BCUT2D eigenvalue weighted by Crippen LogP contribution is 2.04. The topological polar surface area (TPSA) is 26.3 Å². The van der Waals surface area contributed by atoms with Crippen LogP contribution in [-0.2, 0) is 9.53 Å². The maximum atomic E-state index is 10.6. The predicted molar refractivity (Wildman–Crippen MR) is 32.2 cm³/mol. The molecule has 3 heteroatoms. The van der Waals surface area contributed by atoms with Gasteiger partial charge in [0.1, 0.15) is 12.5 Å². The minimum atomic E-state index is -0.164. The molecule has 0 amide bonds. The lowest BCUT2D eigenvalue weighted by Gasteiger charge is -2.25. The van der Waals surface area contributed by atoms with E-state index in [1.54, 1.807) is 0 Å². The average molecular weight is 128 g/mol. The van der Waals surface area contributed by atoms with Crippen LogP contribution in [0.25, 0.3) is 0 Å². The van der Waals surface area contributed by atoms with E-state index >= 15 is 0 Å². The SMILES string of the molecule is C[N+]1(C)C=COC(=O)C1. The molecule has 1 rings (SSSR count). The van der Waals surface area contributed by atoms with E-state index in [2.05, 4.69) is 4.74 Å². The second-order valence-electron chi connectivity index (χ2n) is 2.71. The van der Waals surface area contributed by atoms with Crippen LogP contribution in [0.15, 0.2) is 12.5 Å². The van der Waals surface area contributed by atoms with E-state index in [-0.39, 0.29) is 5.97 Å². The Morgan fingerprint density at radius 1 is 1.67 bits per heavy atom. The van der Waals surface area contributed by atoms with Gasteiger partial charge >= 0.3 is 5.97 Å². The van der Waals surface area contributed by atoms with Gasteiger partial charge in [-0.25, -0.2) is 4.79 Å². The van der Waals surface area contributed by atoms with Crippen molar-refractivity contribution in [1.29, 1.82) is 0 Å². The molecule has 0 saturated carbocycles. The molecule has 0 saturated heterocycles. The van der Waals surface area contributed by atoms with Crippen molar-refractivity contribution in [2.45, 2.75) is 0 Å². The standard InChI is InChI=1S/C6H10NO2/c1-7(2)3-4-9-6(8)5-7/h3-4H,5H2,1-2H3/q+1. The predicted octanol–water partition coefficient (Wildman–Crippen LogP) is 0.0908. The van der Waals surface area contributed by atoms with E-state index in [0.717, 1.165) is 0 Å². The van der Waals surface area contributed by atoms with Crippen molar-refractivity contribution < 1.29 is 14.0 Å². The fourth-order valence-corrected chi connectivity index (χ4v) is 0.694. The monoisotopic (exact) mass is 128 g/mol. The Bertz CT molecular complexity index is 160. The highest BCUT2D eigenvalue weighted by Gasteiger charge is 2.21. The van der Waals surface area contributed by atoms with Gasteiger partial charge in [0.05, 0.1) is 14.1 Å². The molecule has 3 nitrogen and oxygen atoms in total. The van der Waals surface area contributed by atoms with Crippen LogP contribution in [-0.4, -0.2) is 31.1 Å². The third kappa shape index (κ3) is 1.54. The normalized spacial score (nSPS) is 23.6. The Labute approximate surface area is 54.1 Å². The second-order valence-corrected chi connectivity index (χ2v) is 2.71. The van der Waals surface area contributed by atoms with Gasteiger partial charge in [0.15, 0.2) is 6.54 Å². The summed E-state index contributed by atoms with van der Waals surface area (Å²) in [5.74, 6) is -0.164. The minimum Gasteiger partial charge on any atom is -0.425 e. The lowest BCUT2D eigenvalue weighted by Crippen LogP contribution is -2.41. The zero-order chi connectivity index (χ0) is 6.91. The van der Waals surface area contributed by atoms with E-state index < -0.39 is 0 Å². The number of quaternary nitrogens is 1. The summed E-state index contributed by atoms with van der Waals surface area (Å²) < 4.78 is 5.16. The molecule has 1 aliphatic rings. The number of nitrogens with zero attached hydrogens (tertiary/aromatic N) is 1. The molecule has 1 heterocycles. The van der Waals surface area contributed by atoms with Crippen LogP contribution >= 0.6 is 0 Å².